The van der Waals surface area contributed by atoms with Gasteiger partial charge in [0, 0.05) is 32.1 Å². The zero-order valence-electron chi connectivity index (χ0n) is 15.8. The van der Waals surface area contributed by atoms with E-state index < -0.39 is 29.3 Å². The lowest BCUT2D eigenvalue weighted by Gasteiger charge is -2.72. The molecule has 2 aromatic rings. The van der Waals surface area contributed by atoms with Crippen LogP contribution in [0.4, 0.5) is 28.0 Å². The fourth-order valence-electron chi connectivity index (χ4n) is 4.24. The average Bonchev–Trinajstić information content (AvgIpc) is 3.09. The molecule has 1 heterocycles. The van der Waals surface area contributed by atoms with Gasteiger partial charge in [-0.15, -0.1) is 0 Å². The number of nitrogens with zero attached hydrogens (tertiary/aromatic N) is 3. The number of ether oxygens (including phenoxy) is 1. The van der Waals surface area contributed by atoms with Crippen LogP contribution in [0.25, 0.3) is 0 Å². The molecule has 0 unspecified atom stereocenters. The molecule has 30 heavy (non-hydrogen) atoms. The topological polar surface area (TPSA) is 94.0 Å². The third-order valence-corrected chi connectivity index (χ3v) is 5.79. The van der Waals surface area contributed by atoms with Crippen molar-refractivity contribution in [1.29, 1.82) is 5.26 Å². The number of benzene rings is 1. The van der Waals surface area contributed by atoms with Gasteiger partial charge in [0.05, 0.1) is 28.9 Å². The summed E-state index contributed by atoms with van der Waals surface area (Å²) in [6.45, 7) is -0.124. The van der Waals surface area contributed by atoms with Gasteiger partial charge in [-0.2, -0.15) is 23.5 Å². The van der Waals surface area contributed by atoms with Crippen molar-refractivity contribution >= 4 is 11.7 Å². The van der Waals surface area contributed by atoms with Crippen LogP contribution in [0.2, 0.25) is 0 Å². The highest BCUT2D eigenvalue weighted by atomic mass is 19.4. The van der Waals surface area contributed by atoms with E-state index in [1.165, 1.54) is 17.0 Å². The average molecular weight is 423 g/mol. The van der Waals surface area contributed by atoms with Gasteiger partial charge in [0.25, 0.3) is 0 Å². The minimum absolute atomic E-state index is 0.124. The lowest BCUT2D eigenvalue weighted by atomic mass is 9.45. The number of nitriles is 1. The second-order valence-corrected chi connectivity index (χ2v) is 7.74. The van der Waals surface area contributed by atoms with Crippen molar-refractivity contribution in [3.05, 3.63) is 47.0 Å². The third kappa shape index (κ3) is 3.27. The molecule has 2 N–H and O–H groups in total. The fourth-order valence-corrected chi connectivity index (χ4v) is 4.24. The Labute approximate surface area is 168 Å². The molecule has 0 radical (unpaired) electrons. The van der Waals surface area contributed by atoms with E-state index in [1.807, 2.05) is 0 Å². The van der Waals surface area contributed by atoms with Gasteiger partial charge in [-0.25, -0.2) is 9.18 Å². The van der Waals surface area contributed by atoms with Gasteiger partial charge in [0.1, 0.15) is 11.9 Å². The molecule has 11 heteroatoms. The van der Waals surface area contributed by atoms with E-state index in [4.69, 9.17) is 10.00 Å². The van der Waals surface area contributed by atoms with Crippen LogP contribution >= 0.6 is 0 Å². The normalized spacial score (nSPS) is 24.4. The van der Waals surface area contributed by atoms with Crippen LogP contribution < -0.4 is 5.32 Å². The maximum atomic E-state index is 13.5. The maximum Gasteiger partial charge on any atom is 0.435 e. The SMILES string of the molecule is COC12CC(N(Cc3cc(C(F)(F)F)n[nH]3)C(=O)Nc3ccc(F)c(C#N)c3)(C1)C2. The van der Waals surface area contributed by atoms with Crippen LogP contribution in [0.5, 0.6) is 0 Å². The molecule has 2 bridgehead atoms. The summed E-state index contributed by atoms with van der Waals surface area (Å²) >= 11 is 0. The lowest BCUT2D eigenvalue weighted by Crippen LogP contribution is -2.80. The predicted molar refractivity (Wildman–Crippen MR) is 95.6 cm³/mol. The standard InChI is InChI=1S/C19H17F4N5O2/c1-30-18-8-17(9-18,10-18)28(7-13-5-15(27-26-13)19(21,22)23)16(29)25-12-2-3-14(20)11(4-12)6-24/h2-5H,7-10H2,1H3,(H,25,29)(H,26,27). The van der Waals surface area contributed by atoms with E-state index in [1.54, 1.807) is 13.2 Å². The van der Waals surface area contributed by atoms with Crippen LogP contribution in [-0.2, 0) is 17.5 Å². The number of carbonyl (C=O) groups is 1. The molecular weight excluding hydrogens is 406 g/mol. The molecular formula is C19H17F4N5O2. The Morgan fingerprint density at radius 1 is 1.37 bits per heavy atom. The lowest BCUT2D eigenvalue weighted by molar-refractivity contribution is -0.269. The number of rotatable bonds is 5. The largest absolute Gasteiger partial charge is 0.435 e. The quantitative estimate of drug-likeness (QED) is 0.716. The smallest absolute Gasteiger partial charge is 0.378 e. The van der Waals surface area contributed by atoms with E-state index in [2.05, 4.69) is 15.5 Å². The van der Waals surface area contributed by atoms with Crippen LogP contribution in [0.3, 0.4) is 0 Å². The Kier molecular flexibility index (Phi) is 4.50. The van der Waals surface area contributed by atoms with E-state index >= 15 is 0 Å². The summed E-state index contributed by atoms with van der Waals surface area (Å²) in [7, 11) is 1.58. The molecule has 1 aromatic carbocycles. The van der Waals surface area contributed by atoms with Crippen molar-refractivity contribution in [2.24, 2.45) is 0 Å². The van der Waals surface area contributed by atoms with Crippen molar-refractivity contribution in [1.82, 2.24) is 15.1 Å². The number of amides is 2. The molecule has 158 valence electrons. The maximum absolute atomic E-state index is 13.5. The van der Waals surface area contributed by atoms with Gasteiger partial charge >= 0.3 is 12.2 Å². The number of anilines is 1. The first kappa shape index (κ1) is 20.2. The highest BCUT2D eigenvalue weighted by Gasteiger charge is 2.72. The van der Waals surface area contributed by atoms with Gasteiger partial charge in [-0.05, 0) is 24.3 Å². The van der Waals surface area contributed by atoms with Crippen LogP contribution in [0.1, 0.15) is 36.2 Å². The summed E-state index contributed by atoms with van der Waals surface area (Å²) < 4.78 is 57.5. The number of hydrogen-bond donors (Lipinski definition) is 2. The number of hydrogen-bond acceptors (Lipinski definition) is 4. The van der Waals surface area contributed by atoms with E-state index in [0.717, 1.165) is 12.1 Å². The van der Waals surface area contributed by atoms with E-state index in [0.29, 0.717) is 19.3 Å². The van der Waals surface area contributed by atoms with Crippen LogP contribution in [0.15, 0.2) is 24.3 Å². The van der Waals surface area contributed by atoms with Crippen molar-refractivity contribution < 1.29 is 27.1 Å². The molecule has 3 fully saturated rings. The van der Waals surface area contributed by atoms with Gasteiger partial charge in [0.2, 0.25) is 0 Å². The molecule has 7 nitrogen and oxygen atoms in total. The summed E-state index contributed by atoms with van der Waals surface area (Å²) in [4.78, 5) is 14.4. The first-order chi connectivity index (χ1) is 14.1. The van der Waals surface area contributed by atoms with E-state index in [9.17, 15) is 22.4 Å². The van der Waals surface area contributed by atoms with Crippen molar-refractivity contribution in [2.45, 2.75) is 43.1 Å². The van der Waals surface area contributed by atoms with Gasteiger partial charge in [-0.3, -0.25) is 5.10 Å². The van der Waals surface area contributed by atoms with Crippen LogP contribution in [-0.4, -0.2) is 39.4 Å². The Hall–Kier alpha value is -3.13. The zero-order valence-corrected chi connectivity index (χ0v) is 15.8. The van der Waals surface area contributed by atoms with Gasteiger partial charge < -0.3 is 15.0 Å². The Morgan fingerprint density at radius 3 is 2.63 bits per heavy atom. The number of H-pyrrole nitrogens is 1. The number of aromatic nitrogens is 2. The number of nitrogens with one attached hydrogen (secondary N) is 2. The summed E-state index contributed by atoms with van der Waals surface area (Å²) in [6, 6.07) is 5.55. The molecule has 3 saturated carbocycles. The summed E-state index contributed by atoms with van der Waals surface area (Å²) in [5.41, 5.74) is -1.80. The van der Waals surface area contributed by atoms with Gasteiger partial charge in [-0.1, -0.05) is 0 Å². The minimum Gasteiger partial charge on any atom is -0.378 e. The number of carbonyl (C=O) groups excluding carboxylic acids is 1. The Balaban J connectivity index is 1.56. The second-order valence-electron chi connectivity index (χ2n) is 7.74. The molecule has 0 spiro atoms. The first-order valence-corrected chi connectivity index (χ1v) is 9.05. The fraction of sp³-hybridized carbons (Fsp3) is 0.421. The highest BCUT2D eigenvalue weighted by molar-refractivity contribution is 5.90. The molecule has 5 rings (SSSR count). The van der Waals surface area contributed by atoms with Crippen LogP contribution in [0, 0.1) is 17.1 Å². The molecule has 0 saturated heterocycles. The first-order valence-electron chi connectivity index (χ1n) is 9.05. The zero-order chi connectivity index (χ0) is 21.7. The number of halogens is 4. The number of urea groups is 1. The Bertz CT molecular complexity index is 1020. The Morgan fingerprint density at radius 2 is 2.07 bits per heavy atom. The molecule has 3 aliphatic rings. The number of methoxy groups -OCH3 is 1. The van der Waals surface area contributed by atoms with Crippen molar-refractivity contribution in [2.75, 3.05) is 12.4 Å². The van der Waals surface area contributed by atoms with Crippen molar-refractivity contribution in [3.63, 3.8) is 0 Å². The second kappa shape index (κ2) is 6.70. The molecule has 1 aromatic heterocycles. The van der Waals surface area contributed by atoms with Crippen molar-refractivity contribution in [3.8, 4) is 6.07 Å². The number of aromatic amines is 1. The number of alkyl halides is 3. The third-order valence-electron chi connectivity index (χ3n) is 5.79. The highest BCUT2D eigenvalue weighted by Crippen LogP contribution is 2.65. The minimum atomic E-state index is -4.60. The molecule has 2 amide bonds. The summed E-state index contributed by atoms with van der Waals surface area (Å²) in [6.07, 6.45) is -2.90. The van der Waals surface area contributed by atoms with E-state index in [-0.39, 0.29) is 29.1 Å². The molecule has 3 aliphatic carbocycles. The summed E-state index contributed by atoms with van der Waals surface area (Å²) in [5.74, 6) is -0.717. The molecule has 0 aliphatic heterocycles. The predicted octanol–water partition coefficient (Wildman–Crippen LogP) is 3.79. The molecule has 0 atom stereocenters. The monoisotopic (exact) mass is 423 g/mol. The summed E-state index contributed by atoms with van der Waals surface area (Å²) in [5, 5.41) is 17.2. The van der Waals surface area contributed by atoms with Gasteiger partial charge in [0.15, 0.2) is 5.69 Å².